The minimum absolute atomic E-state index is 0.0764. The summed E-state index contributed by atoms with van der Waals surface area (Å²) >= 11 is 5.91. The third-order valence-corrected chi connectivity index (χ3v) is 4.23. The molecule has 0 bridgehead atoms. The van der Waals surface area contributed by atoms with Crippen molar-refractivity contribution < 1.29 is 22.4 Å². The predicted octanol–water partition coefficient (Wildman–Crippen LogP) is 2.58. The fourth-order valence-corrected chi connectivity index (χ4v) is 2.69. The molecule has 9 nitrogen and oxygen atoms in total. The summed E-state index contributed by atoms with van der Waals surface area (Å²) in [6, 6.07) is 6.42. The van der Waals surface area contributed by atoms with Gasteiger partial charge in [0.15, 0.2) is 0 Å². The number of alkyl carbamates (subject to hydrolysis) is 1. The van der Waals surface area contributed by atoms with Crippen molar-refractivity contribution in [1.29, 1.82) is 0 Å². The first-order valence-electron chi connectivity index (χ1n) is 8.42. The van der Waals surface area contributed by atoms with E-state index in [1.165, 1.54) is 0 Å². The van der Waals surface area contributed by atoms with Gasteiger partial charge < -0.3 is 14.5 Å². The molecule has 2 N–H and O–H groups in total. The van der Waals surface area contributed by atoms with Crippen molar-refractivity contribution in [3.8, 4) is 0 Å². The summed E-state index contributed by atoms with van der Waals surface area (Å²) in [6.45, 7) is 5.11. The Labute approximate surface area is 168 Å². The van der Waals surface area contributed by atoms with Crippen LogP contribution < -0.4 is 10.0 Å². The fourth-order valence-electron chi connectivity index (χ4n) is 2.18. The van der Waals surface area contributed by atoms with E-state index in [2.05, 4.69) is 20.2 Å². The van der Waals surface area contributed by atoms with Crippen LogP contribution in [0.3, 0.4) is 0 Å². The zero-order chi connectivity index (χ0) is 20.9. The molecular weight excluding hydrogens is 408 g/mol. The molecule has 0 saturated carbocycles. The van der Waals surface area contributed by atoms with Gasteiger partial charge in [-0.3, -0.25) is 0 Å². The minimum Gasteiger partial charge on any atom is -0.444 e. The molecule has 2 rings (SSSR count). The highest BCUT2D eigenvalue weighted by molar-refractivity contribution is 7.88. The van der Waals surface area contributed by atoms with Crippen LogP contribution in [0.1, 0.15) is 44.2 Å². The highest BCUT2D eigenvalue weighted by atomic mass is 35.5. The van der Waals surface area contributed by atoms with Crippen LogP contribution in [0, 0.1) is 0 Å². The third kappa shape index (κ3) is 7.83. The molecule has 0 aliphatic rings. The molecule has 2 aromatic rings. The molecule has 1 aromatic heterocycles. The number of hydrogen-bond donors (Lipinski definition) is 2. The summed E-state index contributed by atoms with van der Waals surface area (Å²) in [7, 11) is -3.41. The Morgan fingerprint density at radius 1 is 1.25 bits per heavy atom. The molecule has 0 saturated heterocycles. The van der Waals surface area contributed by atoms with Gasteiger partial charge in [0.05, 0.1) is 12.8 Å². The first-order chi connectivity index (χ1) is 12.9. The maximum atomic E-state index is 12.2. The van der Waals surface area contributed by atoms with Gasteiger partial charge in [-0.1, -0.05) is 23.7 Å². The monoisotopic (exact) mass is 430 g/mol. The van der Waals surface area contributed by atoms with E-state index in [9.17, 15) is 13.2 Å². The van der Waals surface area contributed by atoms with Crippen LogP contribution in [0.2, 0.25) is 5.02 Å². The lowest BCUT2D eigenvalue weighted by Gasteiger charge is -2.22. The number of halogens is 1. The van der Waals surface area contributed by atoms with E-state index in [1.54, 1.807) is 32.9 Å². The maximum absolute atomic E-state index is 12.2. The smallest absolute Gasteiger partial charge is 0.408 e. The molecule has 11 heteroatoms. The SMILES string of the molecule is CC(C)(C)OC(=O)NC(Cc1ccc(Cl)cc1)c1nnc(CNS(C)(=O)=O)o1. The first-order valence-corrected chi connectivity index (χ1v) is 10.7. The highest BCUT2D eigenvalue weighted by Crippen LogP contribution is 2.20. The van der Waals surface area contributed by atoms with Gasteiger partial charge in [-0.15, -0.1) is 10.2 Å². The average Bonchev–Trinajstić information content (AvgIpc) is 3.01. The van der Waals surface area contributed by atoms with Crippen LogP contribution in [0.15, 0.2) is 28.7 Å². The van der Waals surface area contributed by atoms with Crippen LogP contribution in [0.4, 0.5) is 4.79 Å². The van der Waals surface area contributed by atoms with Gasteiger partial charge >= 0.3 is 6.09 Å². The summed E-state index contributed by atoms with van der Waals surface area (Å²) in [5, 5.41) is 11.1. The second-order valence-corrected chi connectivity index (χ2v) is 9.43. The van der Waals surface area contributed by atoms with Crippen LogP contribution in [-0.4, -0.2) is 36.6 Å². The standard InChI is InChI=1S/C17H23ClN4O5S/c1-17(2,3)27-16(23)20-13(9-11-5-7-12(18)8-6-11)15-22-21-14(26-15)10-19-28(4,24)25/h5-8,13,19H,9-10H2,1-4H3,(H,20,23). The molecular formula is C17H23ClN4O5S. The fraction of sp³-hybridized carbons (Fsp3) is 0.471. The number of nitrogens with zero attached hydrogens (tertiary/aromatic N) is 2. The summed E-state index contributed by atoms with van der Waals surface area (Å²) in [6.07, 6.45) is 0.732. The van der Waals surface area contributed by atoms with Gasteiger partial charge in [-0.2, -0.15) is 0 Å². The van der Waals surface area contributed by atoms with Crippen molar-refractivity contribution >= 4 is 27.7 Å². The van der Waals surface area contributed by atoms with Crippen LogP contribution >= 0.6 is 11.6 Å². The highest BCUT2D eigenvalue weighted by Gasteiger charge is 2.25. The van der Waals surface area contributed by atoms with E-state index in [-0.39, 0.29) is 18.3 Å². The number of benzene rings is 1. The van der Waals surface area contributed by atoms with E-state index < -0.39 is 27.8 Å². The molecule has 1 aromatic carbocycles. The Balaban J connectivity index is 2.18. The molecule has 1 amide bonds. The zero-order valence-electron chi connectivity index (χ0n) is 16.0. The van der Waals surface area contributed by atoms with Crippen molar-refractivity contribution in [3.63, 3.8) is 0 Å². The van der Waals surface area contributed by atoms with Crippen molar-refractivity contribution in [2.24, 2.45) is 0 Å². The summed E-state index contributed by atoms with van der Waals surface area (Å²) in [5.41, 5.74) is 0.202. The molecule has 28 heavy (non-hydrogen) atoms. The molecule has 0 spiro atoms. The van der Waals surface area contributed by atoms with Gasteiger partial charge in [-0.25, -0.2) is 17.9 Å². The minimum atomic E-state index is -3.41. The second-order valence-electron chi connectivity index (χ2n) is 7.16. The number of rotatable bonds is 7. The molecule has 0 aliphatic heterocycles. The van der Waals surface area contributed by atoms with Crippen LogP contribution in [0.25, 0.3) is 0 Å². The summed E-state index contributed by atoms with van der Waals surface area (Å²) < 4.78 is 35.5. The summed E-state index contributed by atoms with van der Waals surface area (Å²) in [5.74, 6) is 0.207. The molecule has 0 radical (unpaired) electrons. The number of nitrogens with one attached hydrogen (secondary N) is 2. The number of hydrogen-bond acceptors (Lipinski definition) is 7. The first kappa shape index (κ1) is 22.1. The maximum Gasteiger partial charge on any atom is 0.408 e. The number of carbonyl (C=O) groups is 1. The molecule has 0 fully saturated rings. The van der Waals surface area contributed by atoms with Crippen molar-refractivity contribution in [3.05, 3.63) is 46.6 Å². The van der Waals surface area contributed by atoms with Gasteiger partial charge in [-0.05, 0) is 38.5 Å². The lowest BCUT2D eigenvalue weighted by molar-refractivity contribution is 0.0495. The molecule has 0 aliphatic carbocycles. The average molecular weight is 431 g/mol. The van der Waals surface area contributed by atoms with Gasteiger partial charge in [0, 0.05) is 11.4 Å². The molecule has 1 unspecified atom stereocenters. The number of sulfonamides is 1. The Bertz CT molecular complexity index is 906. The lowest BCUT2D eigenvalue weighted by Crippen LogP contribution is -2.36. The normalized spacial score (nSPS) is 13.2. The molecule has 154 valence electrons. The quantitative estimate of drug-likeness (QED) is 0.691. The number of ether oxygens (including phenoxy) is 1. The topological polar surface area (TPSA) is 123 Å². The van der Waals surface area contributed by atoms with Crippen LogP contribution in [-0.2, 0) is 27.7 Å². The van der Waals surface area contributed by atoms with E-state index in [4.69, 9.17) is 20.8 Å². The number of amides is 1. The van der Waals surface area contributed by atoms with Gasteiger partial charge in [0.2, 0.25) is 21.8 Å². The predicted molar refractivity (Wildman–Crippen MR) is 103 cm³/mol. The zero-order valence-corrected chi connectivity index (χ0v) is 17.6. The van der Waals surface area contributed by atoms with E-state index >= 15 is 0 Å². The molecule has 1 atom stereocenters. The van der Waals surface area contributed by atoms with E-state index in [1.807, 2.05) is 12.1 Å². The van der Waals surface area contributed by atoms with Gasteiger partial charge in [0.1, 0.15) is 11.6 Å². The largest absolute Gasteiger partial charge is 0.444 e. The van der Waals surface area contributed by atoms with E-state index in [0.29, 0.717) is 11.4 Å². The summed E-state index contributed by atoms with van der Waals surface area (Å²) in [4.78, 5) is 12.2. The van der Waals surface area contributed by atoms with Crippen molar-refractivity contribution in [1.82, 2.24) is 20.2 Å². The van der Waals surface area contributed by atoms with Gasteiger partial charge in [0.25, 0.3) is 0 Å². The Hall–Kier alpha value is -2.17. The number of carbonyl (C=O) groups excluding carboxylic acids is 1. The number of aromatic nitrogens is 2. The molecule has 1 heterocycles. The Morgan fingerprint density at radius 3 is 2.46 bits per heavy atom. The van der Waals surface area contributed by atoms with E-state index in [0.717, 1.165) is 11.8 Å². The van der Waals surface area contributed by atoms with Crippen LogP contribution in [0.5, 0.6) is 0 Å². The third-order valence-electron chi connectivity index (χ3n) is 3.31. The van der Waals surface area contributed by atoms with Crippen molar-refractivity contribution in [2.75, 3.05) is 6.26 Å². The Morgan fingerprint density at radius 2 is 1.89 bits per heavy atom. The second kappa shape index (κ2) is 8.89. The lowest BCUT2D eigenvalue weighted by atomic mass is 10.1. The van der Waals surface area contributed by atoms with Crippen molar-refractivity contribution in [2.45, 2.75) is 45.4 Å². The Kier molecular flexibility index (Phi) is 7.02.